The van der Waals surface area contributed by atoms with Gasteiger partial charge in [-0.15, -0.1) is 0 Å². The normalized spacial score (nSPS) is 12.4. The number of pyridine rings is 1. The number of nitriles is 1. The number of aliphatic imine (C=N–C) groups is 1. The van der Waals surface area contributed by atoms with E-state index in [1.54, 1.807) is 6.92 Å². The molecule has 0 fully saturated rings. The molecule has 0 aliphatic rings. The number of hydrogen-bond donors (Lipinski definition) is 1. The van der Waals surface area contributed by atoms with Gasteiger partial charge in [0.1, 0.15) is 11.6 Å². The molecule has 1 N–H and O–H groups in total. The predicted molar refractivity (Wildman–Crippen MR) is 108 cm³/mol. The maximum absolute atomic E-state index is 12.6. The van der Waals surface area contributed by atoms with E-state index < -0.39 is 5.56 Å². The second-order valence-corrected chi connectivity index (χ2v) is 6.57. The predicted octanol–water partition coefficient (Wildman–Crippen LogP) is 4.61. The summed E-state index contributed by atoms with van der Waals surface area (Å²) in [6, 6.07) is 15.5. The van der Waals surface area contributed by atoms with Crippen molar-refractivity contribution >= 4 is 22.7 Å². The van der Waals surface area contributed by atoms with Crippen LogP contribution in [0, 0.1) is 18.3 Å². The van der Waals surface area contributed by atoms with E-state index in [0.29, 0.717) is 17.5 Å². The fourth-order valence-corrected chi connectivity index (χ4v) is 3.08. The minimum absolute atomic E-state index is 0.0352. The molecule has 136 valence electrons. The van der Waals surface area contributed by atoms with Gasteiger partial charge in [0, 0.05) is 12.3 Å². The Hall–Kier alpha value is -3.39. The zero-order chi connectivity index (χ0) is 19.6. The van der Waals surface area contributed by atoms with Crippen LogP contribution in [-0.2, 0) is 0 Å². The number of nitrogens with zero attached hydrogens (tertiary/aromatic N) is 3. The minimum atomic E-state index is -0.468. The summed E-state index contributed by atoms with van der Waals surface area (Å²) in [4.78, 5) is 17.0. The summed E-state index contributed by atoms with van der Waals surface area (Å²) >= 11 is 0. The first-order valence-corrected chi connectivity index (χ1v) is 8.89. The van der Waals surface area contributed by atoms with Crippen LogP contribution < -0.4 is 5.56 Å². The molecular weight excluding hydrogens is 338 g/mol. The van der Waals surface area contributed by atoms with E-state index in [1.807, 2.05) is 62.4 Å². The molecule has 0 saturated carbocycles. The Balaban J connectivity index is 2.14. The van der Waals surface area contributed by atoms with E-state index in [0.717, 1.165) is 16.5 Å². The first kappa shape index (κ1) is 18.4. The minimum Gasteiger partial charge on any atom is -0.494 e. The van der Waals surface area contributed by atoms with Crippen molar-refractivity contribution in [2.24, 2.45) is 4.99 Å². The van der Waals surface area contributed by atoms with E-state index in [2.05, 4.69) is 4.99 Å². The average Bonchev–Trinajstić information content (AvgIpc) is 2.67. The summed E-state index contributed by atoms with van der Waals surface area (Å²) in [5, 5.41) is 22.3. The van der Waals surface area contributed by atoms with E-state index in [1.165, 1.54) is 10.8 Å². The van der Waals surface area contributed by atoms with Crippen LogP contribution in [-0.4, -0.2) is 15.9 Å². The summed E-state index contributed by atoms with van der Waals surface area (Å²) in [7, 11) is 0. The molecule has 0 aliphatic heterocycles. The maximum atomic E-state index is 12.6. The second-order valence-electron chi connectivity index (χ2n) is 6.57. The summed E-state index contributed by atoms with van der Waals surface area (Å²) < 4.78 is 1.27. The summed E-state index contributed by atoms with van der Waals surface area (Å²) in [5.74, 6) is -0.157. The molecule has 1 atom stereocenters. The van der Waals surface area contributed by atoms with E-state index >= 15 is 0 Å². The molecule has 0 amide bonds. The Morgan fingerprint density at radius 2 is 1.96 bits per heavy atom. The third-order valence-electron chi connectivity index (χ3n) is 4.90. The Labute approximate surface area is 157 Å². The fraction of sp³-hybridized carbons (Fsp3) is 0.227. The number of benzene rings is 2. The van der Waals surface area contributed by atoms with Crippen LogP contribution in [0.2, 0.25) is 0 Å². The highest BCUT2D eigenvalue weighted by Crippen LogP contribution is 2.26. The maximum Gasteiger partial charge on any atom is 0.271 e. The number of rotatable bonds is 4. The van der Waals surface area contributed by atoms with Crippen molar-refractivity contribution in [1.82, 2.24) is 4.57 Å². The monoisotopic (exact) mass is 359 g/mol. The van der Waals surface area contributed by atoms with Gasteiger partial charge in [-0.05, 0) is 48.7 Å². The molecule has 5 nitrogen and oxygen atoms in total. The molecule has 1 aromatic heterocycles. The SMILES string of the molecule is CCC(C)n1c(O)c(C=Nc2ccc3ccccc3c2)c(C)c(C#N)c1=O. The topological polar surface area (TPSA) is 78.4 Å². The highest BCUT2D eigenvalue weighted by atomic mass is 16.3. The van der Waals surface area contributed by atoms with Crippen molar-refractivity contribution in [2.75, 3.05) is 0 Å². The van der Waals surface area contributed by atoms with Gasteiger partial charge in [0.15, 0.2) is 0 Å². The van der Waals surface area contributed by atoms with Crippen LogP contribution in [0.15, 0.2) is 52.3 Å². The van der Waals surface area contributed by atoms with Crippen molar-refractivity contribution in [2.45, 2.75) is 33.2 Å². The summed E-state index contributed by atoms with van der Waals surface area (Å²) in [6.07, 6.45) is 2.18. The van der Waals surface area contributed by atoms with Gasteiger partial charge < -0.3 is 5.11 Å². The Bertz CT molecular complexity index is 1140. The van der Waals surface area contributed by atoms with E-state index in [4.69, 9.17) is 0 Å². The van der Waals surface area contributed by atoms with Gasteiger partial charge in [-0.3, -0.25) is 14.4 Å². The summed E-state index contributed by atoms with van der Waals surface area (Å²) in [6.45, 7) is 5.41. The van der Waals surface area contributed by atoms with Crippen LogP contribution in [0.3, 0.4) is 0 Å². The van der Waals surface area contributed by atoms with Crippen LogP contribution >= 0.6 is 0 Å². The number of fused-ring (bicyclic) bond motifs is 1. The highest BCUT2D eigenvalue weighted by Gasteiger charge is 2.20. The first-order valence-electron chi connectivity index (χ1n) is 8.89. The molecule has 2 aromatic carbocycles. The van der Waals surface area contributed by atoms with Crippen molar-refractivity contribution in [3.8, 4) is 11.9 Å². The second kappa shape index (κ2) is 7.46. The largest absolute Gasteiger partial charge is 0.494 e. The van der Waals surface area contributed by atoms with E-state index in [-0.39, 0.29) is 17.5 Å². The lowest BCUT2D eigenvalue weighted by molar-refractivity contribution is 0.372. The van der Waals surface area contributed by atoms with Gasteiger partial charge in [0.25, 0.3) is 5.56 Å². The van der Waals surface area contributed by atoms with Crippen molar-refractivity contribution in [3.05, 3.63) is 69.5 Å². The number of hydrogen-bond acceptors (Lipinski definition) is 4. The van der Waals surface area contributed by atoms with Gasteiger partial charge >= 0.3 is 0 Å². The molecule has 27 heavy (non-hydrogen) atoms. The standard InChI is InChI=1S/C22H21N3O2/c1-4-14(2)25-21(26)19(12-23)15(3)20(22(25)27)13-24-18-10-9-16-7-5-6-8-17(16)11-18/h5-11,13-14,27H,4H2,1-3H3. The summed E-state index contributed by atoms with van der Waals surface area (Å²) in [5.41, 5.74) is 1.12. The lowest BCUT2D eigenvalue weighted by Crippen LogP contribution is -2.27. The highest BCUT2D eigenvalue weighted by molar-refractivity contribution is 5.90. The lowest BCUT2D eigenvalue weighted by Gasteiger charge is -2.18. The van der Waals surface area contributed by atoms with Crippen LogP contribution in [0.25, 0.3) is 10.8 Å². The average molecular weight is 359 g/mol. The molecule has 3 rings (SSSR count). The Kier molecular flexibility index (Phi) is 5.09. The van der Waals surface area contributed by atoms with Gasteiger partial charge in [-0.25, -0.2) is 0 Å². The molecule has 0 saturated heterocycles. The lowest BCUT2D eigenvalue weighted by atomic mass is 10.0. The van der Waals surface area contributed by atoms with Crippen LogP contribution in [0.4, 0.5) is 5.69 Å². The third kappa shape index (κ3) is 3.34. The van der Waals surface area contributed by atoms with Gasteiger partial charge in [-0.1, -0.05) is 37.3 Å². The van der Waals surface area contributed by atoms with Crippen LogP contribution in [0.5, 0.6) is 5.88 Å². The quantitative estimate of drug-likeness (QED) is 0.691. The van der Waals surface area contributed by atoms with E-state index in [9.17, 15) is 15.2 Å². The molecule has 0 spiro atoms. The Morgan fingerprint density at radius 1 is 1.26 bits per heavy atom. The van der Waals surface area contributed by atoms with Gasteiger partial charge in [-0.2, -0.15) is 5.26 Å². The Morgan fingerprint density at radius 3 is 2.63 bits per heavy atom. The van der Waals surface area contributed by atoms with Gasteiger partial charge in [0.2, 0.25) is 5.88 Å². The van der Waals surface area contributed by atoms with Crippen molar-refractivity contribution < 1.29 is 5.11 Å². The van der Waals surface area contributed by atoms with Crippen LogP contribution in [0.1, 0.15) is 43.0 Å². The zero-order valence-electron chi connectivity index (χ0n) is 15.6. The van der Waals surface area contributed by atoms with Gasteiger partial charge in [0.05, 0.1) is 11.3 Å². The number of aromatic nitrogens is 1. The molecular formula is C22H21N3O2. The number of aromatic hydroxyl groups is 1. The molecule has 0 bridgehead atoms. The molecule has 1 unspecified atom stereocenters. The van der Waals surface area contributed by atoms with Crippen molar-refractivity contribution in [1.29, 1.82) is 5.26 Å². The fourth-order valence-electron chi connectivity index (χ4n) is 3.08. The smallest absolute Gasteiger partial charge is 0.271 e. The molecule has 1 heterocycles. The zero-order valence-corrected chi connectivity index (χ0v) is 15.6. The molecule has 3 aromatic rings. The first-order chi connectivity index (χ1) is 13.0. The van der Waals surface area contributed by atoms with Crippen molar-refractivity contribution in [3.63, 3.8) is 0 Å². The molecule has 0 aliphatic carbocycles. The molecule has 0 radical (unpaired) electrons. The third-order valence-corrected chi connectivity index (χ3v) is 4.90. The molecule has 5 heteroatoms.